The van der Waals surface area contributed by atoms with E-state index in [9.17, 15) is 4.79 Å². The molecule has 0 unspecified atom stereocenters. The van der Waals surface area contributed by atoms with Crippen LogP contribution in [-0.2, 0) is 4.74 Å². The Hall–Kier alpha value is -2.87. The molecule has 3 aromatic carbocycles. The van der Waals surface area contributed by atoms with Gasteiger partial charge in [-0.3, -0.25) is 0 Å². The van der Waals surface area contributed by atoms with Crippen LogP contribution >= 0.6 is 0 Å². The fourth-order valence-corrected chi connectivity index (χ4v) is 3.70. The van der Waals surface area contributed by atoms with Gasteiger partial charge in [-0.05, 0) is 47.7 Å². The van der Waals surface area contributed by atoms with Crippen molar-refractivity contribution in [3.63, 3.8) is 0 Å². The van der Waals surface area contributed by atoms with Crippen LogP contribution in [0.1, 0.15) is 46.8 Å². The maximum absolute atomic E-state index is 12.6. The Morgan fingerprint density at radius 2 is 1.24 bits per heavy atom. The van der Waals surface area contributed by atoms with Crippen molar-refractivity contribution in [2.24, 2.45) is 0 Å². The molecule has 3 aromatic rings. The number of esters is 1. The van der Waals surface area contributed by atoms with Crippen molar-refractivity contribution in [1.82, 2.24) is 0 Å². The van der Waals surface area contributed by atoms with Crippen molar-refractivity contribution >= 4 is 5.97 Å². The van der Waals surface area contributed by atoms with E-state index in [4.69, 9.17) is 4.74 Å². The van der Waals surface area contributed by atoms with Gasteiger partial charge in [0.15, 0.2) is 0 Å². The Labute approximate surface area is 148 Å². The molecule has 25 heavy (non-hydrogen) atoms. The topological polar surface area (TPSA) is 26.3 Å². The van der Waals surface area contributed by atoms with Crippen LogP contribution in [0.25, 0.3) is 11.1 Å². The maximum Gasteiger partial charge on any atom is 0.338 e. The lowest BCUT2D eigenvalue weighted by Gasteiger charge is -2.18. The second kappa shape index (κ2) is 6.21. The summed E-state index contributed by atoms with van der Waals surface area (Å²) in [5.41, 5.74) is 6.63. The molecule has 0 saturated carbocycles. The third kappa shape index (κ3) is 2.64. The largest absolute Gasteiger partial charge is 0.459 e. The highest BCUT2D eigenvalue weighted by molar-refractivity contribution is 5.93. The molecule has 0 spiro atoms. The standard InChI is InChI=1S/C23H20O2/c1-15(2)25-23(24)21-14-8-7-13-20(21)22-18-11-5-3-9-16(18)17-10-4-6-12-19(17)22/h3-15,22H,1-2H3. The number of carbonyl (C=O) groups is 1. The summed E-state index contributed by atoms with van der Waals surface area (Å²) in [6.07, 6.45) is -0.135. The summed E-state index contributed by atoms with van der Waals surface area (Å²) < 4.78 is 5.47. The van der Waals surface area contributed by atoms with E-state index < -0.39 is 0 Å². The van der Waals surface area contributed by atoms with E-state index in [0.29, 0.717) is 5.56 Å². The predicted molar refractivity (Wildman–Crippen MR) is 99.8 cm³/mol. The zero-order valence-corrected chi connectivity index (χ0v) is 14.4. The van der Waals surface area contributed by atoms with E-state index in [1.807, 2.05) is 38.1 Å². The second-order valence-electron chi connectivity index (χ2n) is 6.65. The fourth-order valence-electron chi connectivity index (χ4n) is 3.70. The highest BCUT2D eigenvalue weighted by Gasteiger charge is 2.32. The van der Waals surface area contributed by atoms with Gasteiger partial charge in [0, 0.05) is 5.92 Å². The van der Waals surface area contributed by atoms with Crippen LogP contribution in [0.5, 0.6) is 0 Å². The second-order valence-corrected chi connectivity index (χ2v) is 6.65. The first-order chi connectivity index (χ1) is 12.2. The summed E-state index contributed by atoms with van der Waals surface area (Å²) in [5.74, 6) is -0.198. The minimum atomic E-state index is -0.257. The van der Waals surface area contributed by atoms with Crippen LogP contribution in [0.15, 0.2) is 72.8 Å². The lowest BCUT2D eigenvalue weighted by molar-refractivity contribution is 0.0376. The normalized spacial score (nSPS) is 12.8. The average Bonchev–Trinajstić information content (AvgIpc) is 2.95. The molecule has 4 rings (SSSR count). The molecule has 0 radical (unpaired) electrons. The molecular weight excluding hydrogens is 308 g/mol. The number of hydrogen-bond donors (Lipinski definition) is 0. The van der Waals surface area contributed by atoms with Gasteiger partial charge in [-0.25, -0.2) is 4.79 Å². The molecule has 0 bridgehead atoms. The predicted octanol–water partition coefficient (Wildman–Crippen LogP) is 5.41. The van der Waals surface area contributed by atoms with Crippen molar-refractivity contribution in [2.75, 3.05) is 0 Å². The first-order valence-corrected chi connectivity index (χ1v) is 8.65. The minimum absolute atomic E-state index is 0.0586. The van der Waals surface area contributed by atoms with Gasteiger partial charge in [-0.1, -0.05) is 66.7 Å². The molecule has 0 N–H and O–H groups in total. The molecule has 0 aromatic heterocycles. The first-order valence-electron chi connectivity index (χ1n) is 8.65. The van der Waals surface area contributed by atoms with Gasteiger partial charge in [-0.2, -0.15) is 0 Å². The Morgan fingerprint density at radius 1 is 0.760 bits per heavy atom. The Kier molecular flexibility index (Phi) is 3.89. The van der Waals surface area contributed by atoms with E-state index in [-0.39, 0.29) is 18.0 Å². The molecule has 0 saturated heterocycles. The molecule has 2 heteroatoms. The van der Waals surface area contributed by atoms with Gasteiger partial charge in [0.2, 0.25) is 0 Å². The van der Waals surface area contributed by atoms with Crippen LogP contribution < -0.4 is 0 Å². The van der Waals surface area contributed by atoms with Crippen molar-refractivity contribution in [1.29, 1.82) is 0 Å². The van der Waals surface area contributed by atoms with E-state index in [1.165, 1.54) is 22.3 Å². The Morgan fingerprint density at radius 3 is 1.80 bits per heavy atom. The van der Waals surface area contributed by atoms with Gasteiger partial charge in [0.05, 0.1) is 11.7 Å². The molecular formula is C23H20O2. The van der Waals surface area contributed by atoms with Crippen LogP contribution in [0.2, 0.25) is 0 Å². The summed E-state index contributed by atoms with van der Waals surface area (Å²) in [6.45, 7) is 3.75. The molecule has 0 amide bonds. The number of ether oxygens (including phenoxy) is 1. The summed E-state index contributed by atoms with van der Waals surface area (Å²) in [6, 6.07) is 24.7. The lowest BCUT2D eigenvalue weighted by Crippen LogP contribution is -2.15. The van der Waals surface area contributed by atoms with Crippen LogP contribution in [-0.4, -0.2) is 12.1 Å². The van der Waals surface area contributed by atoms with Gasteiger partial charge in [-0.15, -0.1) is 0 Å². The van der Waals surface area contributed by atoms with Crippen molar-refractivity contribution in [3.05, 3.63) is 95.1 Å². The maximum atomic E-state index is 12.6. The molecule has 2 nitrogen and oxygen atoms in total. The Balaban J connectivity index is 1.90. The number of benzene rings is 3. The number of rotatable bonds is 3. The van der Waals surface area contributed by atoms with Gasteiger partial charge in [0.1, 0.15) is 0 Å². The summed E-state index contributed by atoms with van der Waals surface area (Å²) in [5, 5.41) is 0. The third-order valence-electron chi connectivity index (χ3n) is 4.67. The molecule has 0 atom stereocenters. The monoisotopic (exact) mass is 328 g/mol. The minimum Gasteiger partial charge on any atom is -0.459 e. The van der Waals surface area contributed by atoms with Crippen LogP contribution in [0, 0.1) is 0 Å². The summed E-state index contributed by atoms with van der Waals surface area (Å²) >= 11 is 0. The Bertz CT molecular complexity index is 895. The van der Waals surface area contributed by atoms with Gasteiger partial charge in [0.25, 0.3) is 0 Å². The molecule has 0 heterocycles. The van der Waals surface area contributed by atoms with Gasteiger partial charge >= 0.3 is 5.97 Å². The number of carbonyl (C=O) groups excluding carboxylic acids is 1. The SMILES string of the molecule is CC(C)OC(=O)c1ccccc1C1c2ccccc2-c2ccccc21. The smallest absolute Gasteiger partial charge is 0.338 e. The highest BCUT2D eigenvalue weighted by atomic mass is 16.5. The zero-order chi connectivity index (χ0) is 17.4. The summed E-state index contributed by atoms with van der Waals surface area (Å²) in [7, 11) is 0. The van der Waals surface area contributed by atoms with E-state index in [1.54, 1.807) is 0 Å². The number of fused-ring (bicyclic) bond motifs is 3. The molecule has 0 fully saturated rings. The average molecular weight is 328 g/mol. The molecule has 1 aliphatic rings. The fraction of sp³-hybridized carbons (Fsp3) is 0.174. The molecule has 0 aliphatic heterocycles. The molecule has 124 valence electrons. The van der Waals surface area contributed by atoms with Crippen LogP contribution in [0.3, 0.4) is 0 Å². The van der Waals surface area contributed by atoms with Crippen molar-refractivity contribution < 1.29 is 9.53 Å². The van der Waals surface area contributed by atoms with E-state index in [2.05, 4.69) is 48.5 Å². The summed E-state index contributed by atoms with van der Waals surface area (Å²) in [4.78, 5) is 12.6. The van der Waals surface area contributed by atoms with E-state index >= 15 is 0 Å². The molecule has 1 aliphatic carbocycles. The van der Waals surface area contributed by atoms with Gasteiger partial charge < -0.3 is 4.74 Å². The highest BCUT2D eigenvalue weighted by Crippen LogP contribution is 2.48. The number of hydrogen-bond acceptors (Lipinski definition) is 2. The van der Waals surface area contributed by atoms with Crippen molar-refractivity contribution in [2.45, 2.75) is 25.9 Å². The van der Waals surface area contributed by atoms with Crippen molar-refractivity contribution in [3.8, 4) is 11.1 Å². The zero-order valence-electron chi connectivity index (χ0n) is 14.4. The van der Waals surface area contributed by atoms with Crippen LogP contribution in [0.4, 0.5) is 0 Å². The lowest BCUT2D eigenvalue weighted by atomic mass is 9.86. The third-order valence-corrected chi connectivity index (χ3v) is 4.67. The quantitative estimate of drug-likeness (QED) is 0.470. The first kappa shape index (κ1) is 15.6. The van der Waals surface area contributed by atoms with E-state index in [0.717, 1.165) is 5.56 Å².